The van der Waals surface area contributed by atoms with Crippen LogP contribution in [0.25, 0.3) is 6.08 Å². The Labute approximate surface area is 119 Å². The molecule has 0 aliphatic carbocycles. The van der Waals surface area contributed by atoms with E-state index in [0.29, 0.717) is 25.4 Å². The Morgan fingerprint density at radius 2 is 2.00 bits per heavy atom. The van der Waals surface area contributed by atoms with Crippen LogP contribution in [-0.2, 0) is 4.79 Å². The van der Waals surface area contributed by atoms with Gasteiger partial charge in [-0.25, -0.2) is 4.39 Å². The van der Waals surface area contributed by atoms with Gasteiger partial charge in [-0.1, -0.05) is 38.1 Å². The van der Waals surface area contributed by atoms with Gasteiger partial charge >= 0.3 is 5.97 Å². The van der Waals surface area contributed by atoms with Crippen LogP contribution in [0.3, 0.4) is 0 Å². The summed E-state index contributed by atoms with van der Waals surface area (Å²) in [7, 11) is 0. The van der Waals surface area contributed by atoms with Gasteiger partial charge < -0.3 is 10.4 Å². The van der Waals surface area contributed by atoms with Gasteiger partial charge in [-0.2, -0.15) is 0 Å². The number of hydrogen-bond acceptors (Lipinski definition) is 2. The van der Waals surface area contributed by atoms with Crippen LogP contribution in [0, 0.1) is 17.7 Å². The van der Waals surface area contributed by atoms with E-state index in [1.165, 1.54) is 12.1 Å². The van der Waals surface area contributed by atoms with Gasteiger partial charge in [-0.15, -0.1) is 0 Å². The number of hydrogen-bond donors (Lipinski definition) is 2. The van der Waals surface area contributed by atoms with Crippen molar-refractivity contribution in [2.75, 3.05) is 13.1 Å². The van der Waals surface area contributed by atoms with Crippen LogP contribution in [0.5, 0.6) is 0 Å². The van der Waals surface area contributed by atoms with Crippen LogP contribution in [0.2, 0.25) is 0 Å². The van der Waals surface area contributed by atoms with Gasteiger partial charge in [0, 0.05) is 13.1 Å². The van der Waals surface area contributed by atoms with Gasteiger partial charge in [0.2, 0.25) is 0 Å². The van der Waals surface area contributed by atoms with Crippen LogP contribution in [-0.4, -0.2) is 24.2 Å². The first-order valence-electron chi connectivity index (χ1n) is 6.84. The normalized spacial score (nSPS) is 13.0. The molecular formula is C16H22FNO2. The lowest BCUT2D eigenvalue weighted by Crippen LogP contribution is -2.29. The Morgan fingerprint density at radius 3 is 2.55 bits per heavy atom. The summed E-state index contributed by atoms with van der Waals surface area (Å²) in [5.74, 6) is -0.992. The Morgan fingerprint density at radius 1 is 1.35 bits per heavy atom. The quantitative estimate of drug-likeness (QED) is 0.719. The Balaban J connectivity index is 2.32. The molecule has 3 nitrogen and oxygen atoms in total. The van der Waals surface area contributed by atoms with Crippen molar-refractivity contribution in [2.24, 2.45) is 11.8 Å². The Hall–Kier alpha value is -1.68. The molecule has 0 bridgehead atoms. The number of rotatable bonds is 8. The van der Waals surface area contributed by atoms with Gasteiger partial charge in [0.05, 0.1) is 5.92 Å². The predicted molar refractivity (Wildman–Crippen MR) is 78.9 cm³/mol. The van der Waals surface area contributed by atoms with Crippen molar-refractivity contribution < 1.29 is 14.3 Å². The molecule has 1 aromatic rings. The molecule has 1 unspecified atom stereocenters. The third-order valence-corrected chi connectivity index (χ3v) is 2.94. The van der Waals surface area contributed by atoms with E-state index in [1.807, 2.05) is 26.0 Å². The molecule has 0 heterocycles. The van der Waals surface area contributed by atoms with Gasteiger partial charge in [-0.3, -0.25) is 4.79 Å². The average Bonchev–Trinajstić information content (AvgIpc) is 2.38. The molecule has 2 N–H and O–H groups in total. The molecular weight excluding hydrogens is 257 g/mol. The van der Waals surface area contributed by atoms with Gasteiger partial charge in [0.25, 0.3) is 0 Å². The molecule has 4 heteroatoms. The fourth-order valence-corrected chi connectivity index (χ4v) is 1.95. The maximum Gasteiger partial charge on any atom is 0.307 e. The first-order chi connectivity index (χ1) is 9.49. The molecule has 0 amide bonds. The molecule has 1 aromatic carbocycles. The number of aliphatic carboxylic acids is 1. The minimum Gasteiger partial charge on any atom is -0.481 e. The molecule has 0 saturated heterocycles. The molecule has 0 radical (unpaired) electrons. The molecule has 0 aromatic heterocycles. The molecule has 110 valence electrons. The molecule has 1 atom stereocenters. The highest BCUT2D eigenvalue weighted by molar-refractivity contribution is 5.70. The fourth-order valence-electron chi connectivity index (χ4n) is 1.95. The lowest BCUT2D eigenvalue weighted by molar-refractivity contribution is -0.142. The molecule has 20 heavy (non-hydrogen) atoms. The maximum atomic E-state index is 12.7. The van der Waals surface area contributed by atoms with E-state index in [9.17, 15) is 9.18 Å². The molecule has 1 rings (SSSR count). The zero-order valence-corrected chi connectivity index (χ0v) is 12.0. The molecule has 0 spiro atoms. The van der Waals surface area contributed by atoms with Crippen molar-refractivity contribution >= 4 is 12.0 Å². The molecule has 0 aliphatic heterocycles. The van der Waals surface area contributed by atoms with Crippen LogP contribution < -0.4 is 5.32 Å². The van der Waals surface area contributed by atoms with Crippen molar-refractivity contribution in [1.29, 1.82) is 0 Å². The minimum atomic E-state index is -0.756. The van der Waals surface area contributed by atoms with Gasteiger partial charge in [0.15, 0.2) is 0 Å². The first kappa shape index (κ1) is 16.4. The van der Waals surface area contributed by atoms with E-state index < -0.39 is 5.97 Å². The van der Waals surface area contributed by atoms with Crippen LogP contribution in [0.4, 0.5) is 4.39 Å². The van der Waals surface area contributed by atoms with E-state index in [1.54, 1.807) is 12.1 Å². The van der Waals surface area contributed by atoms with Crippen molar-refractivity contribution in [2.45, 2.75) is 20.3 Å². The van der Waals surface area contributed by atoms with E-state index >= 15 is 0 Å². The summed E-state index contributed by atoms with van der Waals surface area (Å²) in [6.07, 6.45) is 4.45. The summed E-state index contributed by atoms with van der Waals surface area (Å²) in [5.41, 5.74) is 0.921. The summed E-state index contributed by atoms with van der Waals surface area (Å²) in [5, 5.41) is 12.2. The average molecular weight is 279 g/mol. The standard InChI is InChI=1S/C16H22FNO2/c1-12(2)10-14(16(19)20)11-18-9-3-4-13-5-7-15(17)8-6-13/h3-8,12,14,18H,9-11H2,1-2H3,(H,19,20)/b4-3+. The zero-order valence-electron chi connectivity index (χ0n) is 12.0. The van der Waals surface area contributed by atoms with Crippen molar-refractivity contribution in [3.63, 3.8) is 0 Å². The molecule has 0 aliphatic rings. The van der Waals surface area contributed by atoms with Crippen LogP contribution in [0.1, 0.15) is 25.8 Å². The van der Waals surface area contributed by atoms with Crippen LogP contribution >= 0.6 is 0 Å². The highest BCUT2D eigenvalue weighted by atomic mass is 19.1. The zero-order chi connectivity index (χ0) is 15.0. The molecule has 0 saturated carbocycles. The third-order valence-electron chi connectivity index (χ3n) is 2.94. The summed E-state index contributed by atoms with van der Waals surface area (Å²) in [4.78, 5) is 11.1. The SMILES string of the molecule is CC(C)CC(CNC/C=C/c1ccc(F)cc1)C(=O)O. The second-order valence-corrected chi connectivity index (χ2v) is 5.28. The van der Waals surface area contributed by atoms with E-state index in [0.717, 1.165) is 5.56 Å². The van der Waals surface area contributed by atoms with Crippen LogP contribution in [0.15, 0.2) is 30.3 Å². The first-order valence-corrected chi connectivity index (χ1v) is 6.84. The summed E-state index contributed by atoms with van der Waals surface area (Å²) < 4.78 is 12.7. The minimum absolute atomic E-state index is 0.252. The van der Waals surface area contributed by atoms with E-state index in [2.05, 4.69) is 5.32 Å². The van der Waals surface area contributed by atoms with Crippen molar-refractivity contribution in [3.05, 3.63) is 41.7 Å². The summed E-state index contributed by atoms with van der Waals surface area (Å²) in [6.45, 7) is 5.09. The number of halogens is 1. The number of nitrogens with one attached hydrogen (secondary N) is 1. The van der Waals surface area contributed by atoms with E-state index in [4.69, 9.17) is 5.11 Å². The van der Waals surface area contributed by atoms with Crippen molar-refractivity contribution in [1.82, 2.24) is 5.32 Å². The molecule has 0 fully saturated rings. The second kappa shape index (κ2) is 8.48. The summed E-state index contributed by atoms with van der Waals surface area (Å²) in [6, 6.07) is 6.22. The number of carboxylic acid groups (broad SMARTS) is 1. The van der Waals surface area contributed by atoms with Crippen molar-refractivity contribution in [3.8, 4) is 0 Å². The maximum absolute atomic E-state index is 12.7. The Bertz CT molecular complexity index is 440. The number of carboxylic acids is 1. The predicted octanol–water partition coefficient (Wildman–Crippen LogP) is 3.18. The Kier molecular flexibility index (Phi) is 6.94. The second-order valence-electron chi connectivity index (χ2n) is 5.28. The number of benzene rings is 1. The lowest BCUT2D eigenvalue weighted by Gasteiger charge is -2.14. The third kappa shape index (κ3) is 6.48. The highest BCUT2D eigenvalue weighted by Crippen LogP contribution is 2.11. The van der Waals surface area contributed by atoms with Gasteiger partial charge in [-0.05, 0) is 30.0 Å². The highest BCUT2D eigenvalue weighted by Gasteiger charge is 2.17. The van der Waals surface area contributed by atoms with Gasteiger partial charge in [0.1, 0.15) is 5.82 Å². The van der Waals surface area contributed by atoms with E-state index in [-0.39, 0.29) is 11.7 Å². The topological polar surface area (TPSA) is 49.3 Å². The fraction of sp³-hybridized carbons (Fsp3) is 0.438. The smallest absolute Gasteiger partial charge is 0.307 e. The number of carbonyl (C=O) groups is 1. The monoisotopic (exact) mass is 279 g/mol. The summed E-state index contributed by atoms with van der Waals surface area (Å²) >= 11 is 0. The largest absolute Gasteiger partial charge is 0.481 e. The lowest BCUT2D eigenvalue weighted by atomic mass is 9.97.